The Labute approximate surface area is 133 Å². The van der Waals surface area contributed by atoms with Crippen LogP contribution in [0.4, 0.5) is 0 Å². The van der Waals surface area contributed by atoms with Crippen LogP contribution in [0.5, 0.6) is 0 Å². The van der Waals surface area contributed by atoms with E-state index in [9.17, 15) is 13.2 Å². The zero-order valence-corrected chi connectivity index (χ0v) is 14.4. The van der Waals surface area contributed by atoms with Crippen molar-refractivity contribution in [1.82, 2.24) is 14.2 Å². The second kappa shape index (κ2) is 6.27. The first-order valence-electron chi connectivity index (χ1n) is 6.38. The topological polar surface area (TPSA) is 83.7 Å². The molecule has 2 aromatic rings. The first-order valence-corrected chi connectivity index (χ1v) is 8.80. The Balaban J connectivity index is 2.27. The molecule has 0 aliphatic carbocycles. The zero-order valence-electron chi connectivity index (χ0n) is 12.7. The summed E-state index contributed by atoms with van der Waals surface area (Å²) in [6, 6.07) is 4.50. The van der Waals surface area contributed by atoms with E-state index in [1.165, 1.54) is 42.9 Å². The predicted octanol–water partition coefficient (Wildman–Crippen LogP) is 1.26. The molecule has 1 amide bonds. The number of thioether (sulfide) groups is 1. The smallest absolute Gasteiger partial charge is 0.257 e. The Bertz CT molecular complexity index is 797. The van der Waals surface area contributed by atoms with E-state index in [2.05, 4.69) is 4.98 Å². The predicted molar refractivity (Wildman–Crippen MR) is 84.3 cm³/mol. The monoisotopic (exact) mass is 343 g/mol. The van der Waals surface area contributed by atoms with Gasteiger partial charge in [0.15, 0.2) is 5.58 Å². The summed E-state index contributed by atoms with van der Waals surface area (Å²) in [6.45, 7) is 0. The highest BCUT2D eigenvalue weighted by Crippen LogP contribution is 2.26. The second-order valence-electron chi connectivity index (χ2n) is 4.97. The maximum absolute atomic E-state index is 12.1. The number of hydrogen-bond acceptors (Lipinski definition) is 6. The van der Waals surface area contributed by atoms with Crippen LogP contribution in [0, 0.1) is 0 Å². The minimum Gasteiger partial charge on any atom is -0.431 e. The van der Waals surface area contributed by atoms with Crippen molar-refractivity contribution in [2.24, 2.45) is 0 Å². The summed E-state index contributed by atoms with van der Waals surface area (Å²) in [5.74, 6) is 0.158. The maximum Gasteiger partial charge on any atom is 0.257 e. The largest absolute Gasteiger partial charge is 0.431 e. The van der Waals surface area contributed by atoms with Crippen molar-refractivity contribution in [3.05, 3.63) is 18.2 Å². The van der Waals surface area contributed by atoms with Gasteiger partial charge in [0.25, 0.3) is 5.22 Å². The van der Waals surface area contributed by atoms with Crippen molar-refractivity contribution >= 4 is 38.8 Å². The molecule has 9 heteroatoms. The third kappa shape index (κ3) is 3.42. The minimum absolute atomic E-state index is 0.0527. The number of rotatable bonds is 5. The molecule has 0 aliphatic rings. The van der Waals surface area contributed by atoms with Gasteiger partial charge in [0.05, 0.1) is 10.6 Å². The number of carbonyl (C=O) groups is 1. The summed E-state index contributed by atoms with van der Waals surface area (Å²) >= 11 is 1.17. The zero-order chi connectivity index (χ0) is 16.5. The number of carbonyl (C=O) groups excluding carboxylic acids is 1. The molecule has 7 nitrogen and oxygen atoms in total. The minimum atomic E-state index is -3.51. The average molecular weight is 343 g/mol. The Morgan fingerprint density at radius 1 is 1.27 bits per heavy atom. The van der Waals surface area contributed by atoms with Gasteiger partial charge in [-0.1, -0.05) is 11.8 Å². The second-order valence-corrected chi connectivity index (χ2v) is 8.05. The van der Waals surface area contributed by atoms with E-state index < -0.39 is 10.0 Å². The lowest BCUT2D eigenvalue weighted by Gasteiger charge is -2.10. The molecular formula is C13H17N3O4S2. The summed E-state index contributed by atoms with van der Waals surface area (Å²) in [5.41, 5.74) is 0.931. The van der Waals surface area contributed by atoms with E-state index in [1.807, 2.05) is 0 Å². The van der Waals surface area contributed by atoms with Crippen molar-refractivity contribution in [3.63, 3.8) is 0 Å². The maximum atomic E-state index is 12.1. The van der Waals surface area contributed by atoms with Crippen LogP contribution in [0.15, 0.2) is 32.7 Å². The summed E-state index contributed by atoms with van der Waals surface area (Å²) < 4.78 is 30.8. The Kier molecular flexibility index (Phi) is 4.78. The van der Waals surface area contributed by atoms with Crippen molar-refractivity contribution < 1.29 is 17.6 Å². The van der Waals surface area contributed by atoms with Crippen molar-refractivity contribution in [3.8, 4) is 0 Å². The molecule has 0 atom stereocenters. The van der Waals surface area contributed by atoms with Crippen molar-refractivity contribution in [2.75, 3.05) is 33.9 Å². The molecule has 0 radical (unpaired) electrons. The van der Waals surface area contributed by atoms with Gasteiger partial charge in [-0.25, -0.2) is 17.7 Å². The van der Waals surface area contributed by atoms with Crippen LogP contribution in [0.25, 0.3) is 11.1 Å². The van der Waals surface area contributed by atoms with E-state index >= 15 is 0 Å². The fourth-order valence-electron chi connectivity index (χ4n) is 1.57. The number of sulfonamides is 1. The molecule has 0 aliphatic heterocycles. The highest BCUT2D eigenvalue weighted by Gasteiger charge is 2.19. The van der Waals surface area contributed by atoms with Crippen molar-refractivity contribution in [1.29, 1.82) is 0 Å². The number of amides is 1. The Hall–Kier alpha value is -1.58. The molecule has 1 aromatic carbocycles. The van der Waals surface area contributed by atoms with Gasteiger partial charge in [-0.15, -0.1) is 0 Å². The molecule has 0 spiro atoms. The van der Waals surface area contributed by atoms with Crippen LogP contribution in [0.3, 0.4) is 0 Å². The van der Waals surface area contributed by atoms with Gasteiger partial charge in [0, 0.05) is 28.2 Å². The Morgan fingerprint density at radius 2 is 1.95 bits per heavy atom. The van der Waals surface area contributed by atoms with Gasteiger partial charge in [-0.05, 0) is 18.2 Å². The molecule has 1 aromatic heterocycles. The van der Waals surface area contributed by atoms with Gasteiger partial charge < -0.3 is 9.32 Å². The lowest BCUT2D eigenvalue weighted by Crippen LogP contribution is -2.23. The lowest BCUT2D eigenvalue weighted by atomic mass is 10.3. The molecule has 120 valence electrons. The van der Waals surface area contributed by atoms with Gasteiger partial charge in [-0.2, -0.15) is 0 Å². The van der Waals surface area contributed by atoms with E-state index in [4.69, 9.17) is 4.42 Å². The molecule has 0 bridgehead atoms. The molecule has 0 fully saturated rings. The van der Waals surface area contributed by atoms with E-state index in [-0.39, 0.29) is 16.6 Å². The molecule has 2 rings (SSSR count). The molecule has 22 heavy (non-hydrogen) atoms. The normalized spacial score (nSPS) is 12.0. The van der Waals surface area contributed by atoms with Gasteiger partial charge in [-0.3, -0.25) is 4.79 Å². The van der Waals surface area contributed by atoms with Gasteiger partial charge >= 0.3 is 0 Å². The highest BCUT2D eigenvalue weighted by molar-refractivity contribution is 7.99. The number of oxazole rings is 1. The number of aromatic nitrogens is 1. The van der Waals surface area contributed by atoms with Crippen LogP contribution in [0.2, 0.25) is 0 Å². The summed E-state index contributed by atoms with van der Waals surface area (Å²) in [4.78, 5) is 17.4. The van der Waals surface area contributed by atoms with Crippen LogP contribution < -0.4 is 0 Å². The highest BCUT2D eigenvalue weighted by atomic mass is 32.2. The molecule has 0 N–H and O–H groups in total. The van der Waals surface area contributed by atoms with Crippen LogP contribution in [-0.4, -0.2) is 62.5 Å². The van der Waals surface area contributed by atoms with E-state index in [1.54, 1.807) is 20.2 Å². The fraction of sp³-hybridized carbons (Fsp3) is 0.385. The van der Waals surface area contributed by atoms with E-state index in [0.717, 1.165) is 4.31 Å². The van der Waals surface area contributed by atoms with Crippen LogP contribution >= 0.6 is 11.8 Å². The molecule has 0 saturated carbocycles. The first kappa shape index (κ1) is 16.8. The third-order valence-electron chi connectivity index (χ3n) is 2.94. The number of hydrogen-bond donors (Lipinski definition) is 0. The van der Waals surface area contributed by atoms with Crippen LogP contribution in [0.1, 0.15) is 0 Å². The van der Waals surface area contributed by atoms with Crippen LogP contribution in [-0.2, 0) is 14.8 Å². The lowest BCUT2D eigenvalue weighted by molar-refractivity contribution is -0.125. The molecule has 0 unspecified atom stereocenters. The molecular weight excluding hydrogens is 326 g/mol. The molecule has 1 heterocycles. The van der Waals surface area contributed by atoms with Crippen molar-refractivity contribution in [2.45, 2.75) is 10.1 Å². The van der Waals surface area contributed by atoms with Gasteiger partial charge in [0.2, 0.25) is 15.9 Å². The first-order chi connectivity index (χ1) is 10.2. The summed E-state index contributed by atoms with van der Waals surface area (Å²) in [5, 5.41) is 0.338. The quantitative estimate of drug-likeness (QED) is 0.760. The SMILES string of the molecule is CN(C)C(=O)CSc1nc2cc(S(=O)(=O)N(C)C)ccc2o1. The molecule has 0 saturated heterocycles. The van der Waals surface area contributed by atoms with E-state index in [0.29, 0.717) is 16.3 Å². The summed E-state index contributed by atoms with van der Waals surface area (Å²) in [6.07, 6.45) is 0. The standard InChI is InChI=1S/C13H17N3O4S2/c1-15(2)12(17)8-21-13-14-10-7-9(5-6-11(10)20-13)22(18,19)16(3)4/h5-7H,8H2,1-4H3. The summed E-state index contributed by atoms with van der Waals surface area (Å²) in [7, 11) is 2.77. The number of benzene rings is 1. The third-order valence-corrected chi connectivity index (χ3v) is 5.56. The van der Waals surface area contributed by atoms with Gasteiger partial charge in [0.1, 0.15) is 5.52 Å². The number of nitrogens with zero attached hydrogens (tertiary/aromatic N) is 3. The average Bonchev–Trinajstić information content (AvgIpc) is 2.86. The fourth-order valence-corrected chi connectivity index (χ4v) is 3.31. The number of fused-ring (bicyclic) bond motifs is 1. The Morgan fingerprint density at radius 3 is 2.55 bits per heavy atom.